The summed E-state index contributed by atoms with van der Waals surface area (Å²) in [6.07, 6.45) is 3.15. The maximum absolute atomic E-state index is 5.95. The van der Waals surface area contributed by atoms with Gasteiger partial charge in [-0.2, -0.15) is 0 Å². The van der Waals surface area contributed by atoms with Crippen LogP contribution in [0, 0.1) is 17.8 Å². The number of hydrogen-bond donors (Lipinski definition) is 1. The second-order valence-corrected chi connectivity index (χ2v) is 5.61. The van der Waals surface area contributed by atoms with Gasteiger partial charge in [-0.05, 0) is 37.1 Å². The molecule has 1 saturated carbocycles. The van der Waals surface area contributed by atoms with E-state index in [2.05, 4.69) is 33.0 Å². The Morgan fingerprint density at radius 3 is 2.27 bits per heavy atom. The van der Waals surface area contributed by atoms with Crippen molar-refractivity contribution in [3.63, 3.8) is 0 Å². The summed E-state index contributed by atoms with van der Waals surface area (Å²) in [5, 5.41) is 3.49. The van der Waals surface area contributed by atoms with E-state index in [0.717, 1.165) is 31.5 Å². The van der Waals surface area contributed by atoms with Crippen LogP contribution in [0.15, 0.2) is 0 Å². The fourth-order valence-electron chi connectivity index (χ4n) is 1.55. The minimum atomic E-state index is 0.393. The molecule has 1 N–H and O–H groups in total. The predicted molar refractivity (Wildman–Crippen MR) is 65.0 cm³/mol. The van der Waals surface area contributed by atoms with Crippen LogP contribution in [0.3, 0.4) is 0 Å². The van der Waals surface area contributed by atoms with Gasteiger partial charge in [-0.15, -0.1) is 0 Å². The van der Waals surface area contributed by atoms with Crippen LogP contribution in [0.1, 0.15) is 40.5 Å². The monoisotopic (exact) mass is 213 g/mol. The Labute approximate surface area is 94.8 Å². The molecule has 1 rings (SSSR count). The Bertz CT molecular complexity index is 164. The molecule has 0 aliphatic heterocycles. The van der Waals surface area contributed by atoms with E-state index in [1.165, 1.54) is 12.8 Å². The lowest BCUT2D eigenvalue weighted by molar-refractivity contribution is 0.0165. The van der Waals surface area contributed by atoms with E-state index >= 15 is 0 Å². The summed E-state index contributed by atoms with van der Waals surface area (Å²) in [4.78, 5) is 0. The van der Waals surface area contributed by atoms with Crippen molar-refractivity contribution in [2.75, 3.05) is 19.7 Å². The first-order valence-electron chi connectivity index (χ1n) is 6.42. The molecule has 0 heterocycles. The van der Waals surface area contributed by atoms with E-state index in [1.807, 2.05) is 0 Å². The van der Waals surface area contributed by atoms with Gasteiger partial charge < -0.3 is 10.1 Å². The van der Waals surface area contributed by atoms with Gasteiger partial charge in [0.25, 0.3) is 0 Å². The highest BCUT2D eigenvalue weighted by atomic mass is 16.5. The zero-order valence-corrected chi connectivity index (χ0v) is 10.8. The van der Waals surface area contributed by atoms with Gasteiger partial charge >= 0.3 is 0 Å². The maximum atomic E-state index is 5.95. The van der Waals surface area contributed by atoms with Crippen molar-refractivity contribution in [2.24, 2.45) is 17.8 Å². The molecule has 2 heteroatoms. The van der Waals surface area contributed by atoms with E-state index in [0.29, 0.717) is 12.0 Å². The van der Waals surface area contributed by atoms with Crippen molar-refractivity contribution < 1.29 is 4.74 Å². The third-order valence-corrected chi connectivity index (χ3v) is 2.88. The van der Waals surface area contributed by atoms with Gasteiger partial charge in [0.2, 0.25) is 0 Å². The molecule has 0 amide bonds. The molecule has 1 atom stereocenters. The number of nitrogens with one attached hydrogen (secondary N) is 1. The predicted octanol–water partition coefficient (Wildman–Crippen LogP) is 2.68. The quantitative estimate of drug-likeness (QED) is 0.669. The molecule has 0 saturated heterocycles. The second kappa shape index (κ2) is 6.49. The lowest BCUT2D eigenvalue weighted by Crippen LogP contribution is -2.35. The molecule has 0 aromatic rings. The Kier molecular flexibility index (Phi) is 5.62. The third-order valence-electron chi connectivity index (χ3n) is 2.88. The molecule has 90 valence electrons. The minimum absolute atomic E-state index is 0.393. The lowest BCUT2D eigenvalue weighted by Gasteiger charge is -2.22. The highest BCUT2D eigenvalue weighted by Gasteiger charge is 2.24. The van der Waals surface area contributed by atoms with Crippen molar-refractivity contribution >= 4 is 0 Å². The van der Waals surface area contributed by atoms with Crippen LogP contribution in [-0.2, 0) is 4.74 Å². The van der Waals surface area contributed by atoms with Crippen molar-refractivity contribution in [3.8, 4) is 0 Å². The number of ether oxygens (including phenoxy) is 1. The SMILES string of the molecule is CC(C)CNCC(OCC1CC1)C(C)C. The maximum Gasteiger partial charge on any atom is 0.0722 e. The molecule has 0 aromatic heterocycles. The van der Waals surface area contributed by atoms with Crippen LogP contribution in [0.5, 0.6) is 0 Å². The topological polar surface area (TPSA) is 21.3 Å². The molecule has 15 heavy (non-hydrogen) atoms. The first-order chi connectivity index (χ1) is 7.09. The van der Waals surface area contributed by atoms with Crippen molar-refractivity contribution in [1.82, 2.24) is 5.32 Å². The van der Waals surface area contributed by atoms with Gasteiger partial charge in [0.1, 0.15) is 0 Å². The fourth-order valence-corrected chi connectivity index (χ4v) is 1.55. The standard InChI is InChI=1S/C13H27NO/c1-10(2)7-14-8-13(11(3)4)15-9-12-5-6-12/h10-14H,5-9H2,1-4H3. The van der Waals surface area contributed by atoms with Crippen molar-refractivity contribution in [2.45, 2.75) is 46.6 Å². The zero-order valence-electron chi connectivity index (χ0n) is 10.8. The first-order valence-corrected chi connectivity index (χ1v) is 6.42. The van der Waals surface area contributed by atoms with Gasteiger partial charge in [-0.25, -0.2) is 0 Å². The van der Waals surface area contributed by atoms with Crippen LogP contribution in [0.2, 0.25) is 0 Å². The molecule has 1 aliphatic rings. The Morgan fingerprint density at radius 2 is 1.80 bits per heavy atom. The largest absolute Gasteiger partial charge is 0.376 e. The summed E-state index contributed by atoms with van der Waals surface area (Å²) < 4.78 is 5.95. The average Bonchev–Trinajstić information content (AvgIpc) is 2.93. The van der Waals surface area contributed by atoms with Gasteiger partial charge in [0.05, 0.1) is 6.10 Å². The van der Waals surface area contributed by atoms with Gasteiger partial charge in [0.15, 0.2) is 0 Å². The van der Waals surface area contributed by atoms with E-state index in [9.17, 15) is 0 Å². The first kappa shape index (κ1) is 13.0. The van der Waals surface area contributed by atoms with Gasteiger partial charge in [-0.1, -0.05) is 27.7 Å². The minimum Gasteiger partial charge on any atom is -0.376 e. The van der Waals surface area contributed by atoms with Crippen molar-refractivity contribution in [3.05, 3.63) is 0 Å². The summed E-state index contributed by atoms with van der Waals surface area (Å²) in [5.41, 5.74) is 0. The summed E-state index contributed by atoms with van der Waals surface area (Å²) in [6.45, 7) is 12.0. The smallest absolute Gasteiger partial charge is 0.0722 e. The summed E-state index contributed by atoms with van der Waals surface area (Å²) >= 11 is 0. The molecule has 0 bridgehead atoms. The van der Waals surface area contributed by atoms with E-state index in [1.54, 1.807) is 0 Å². The zero-order chi connectivity index (χ0) is 11.3. The average molecular weight is 213 g/mol. The second-order valence-electron chi connectivity index (χ2n) is 5.61. The number of hydrogen-bond acceptors (Lipinski definition) is 2. The van der Waals surface area contributed by atoms with E-state index in [-0.39, 0.29) is 0 Å². The van der Waals surface area contributed by atoms with Gasteiger partial charge in [-0.3, -0.25) is 0 Å². The lowest BCUT2D eigenvalue weighted by atomic mass is 10.1. The Morgan fingerprint density at radius 1 is 1.13 bits per heavy atom. The van der Waals surface area contributed by atoms with Gasteiger partial charge in [0, 0.05) is 13.2 Å². The molecule has 2 nitrogen and oxygen atoms in total. The highest BCUT2D eigenvalue weighted by molar-refractivity contribution is 4.74. The number of rotatable bonds is 8. The van der Waals surface area contributed by atoms with Crippen LogP contribution < -0.4 is 5.32 Å². The molecular weight excluding hydrogens is 186 g/mol. The fraction of sp³-hybridized carbons (Fsp3) is 1.00. The van der Waals surface area contributed by atoms with Crippen LogP contribution >= 0.6 is 0 Å². The molecule has 0 spiro atoms. The molecule has 0 aromatic carbocycles. The molecular formula is C13H27NO. The van der Waals surface area contributed by atoms with Crippen LogP contribution in [-0.4, -0.2) is 25.8 Å². The van der Waals surface area contributed by atoms with Crippen LogP contribution in [0.25, 0.3) is 0 Å². The third kappa shape index (κ3) is 6.16. The van der Waals surface area contributed by atoms with E-state index in [4.69, 9.17) is 4.74 Å². The summed E-state index contributed by atoms with van der Waals surface area (Å²) in [5.74, 6) is 2.21. The molecule has 1 fully saturated rings. The van der Waals surface area contributed by atoms with Crippen LogP contribution in [0.4, 0.5) is 0 Å². The Hall–Kier alpha value is -0.0800. The highest BCUT2D eigenvalue weighted by Crippen LogP contribution is 2.29. The molecule has 1 unspecified atom stereocenters. The normalized spacial score (nSPS) is 18.8. The van der Waals surface area contributed by atoms with E-state index < -0.39 is 0 Å². The molecule has 1 aliphatic carbocycles. The summed E-state index contributed by atoms with van der Waals surface area (Å²) in [6, 6.07) is 0. The Balaban J connectivity index is 2.11. The molecule has 0 radical (unpaired) electrons. The summed E-state index contributed by atoms with van der Waals surface area (Å²) in [7, 11) is 0. The van der Waals surface area contributed by atoms with Crippen molar-refractivity contribution in [1.29, 1.82) is 0 Å².